The van der Waals surface area contributed by atoms with Crippen LogP contribution in [-0.4, -0.2) is 77.1 Å². The normalized spacial score (nSPS) is 14.3. The number of hydrogen-bond donors (Lipinski definition) is 9. The lowest BCUT2D eigenvalue weighted by atomic mass is 10.0. The van der Waals surface area contributed by atoms with Crippen LogP contribution in [-0.2, 0) is 24.0 Å². The predicted molar refractivity (Wildman–Crippen MR) is 128 cm³/mol. The van der Waals surface area contributed by atoms with Gasteiger partial charge in [-0.2, -0.15) is 12.6 Å². The Kier molecular flexibility index (Phi) is 14.3. The number of rotatable bonds is 16. The number of amides is 4. The van der Waals surface area contributed by atoms with Crippen molar-refractivity contribution in [1.29, 1.82) is 0 Å². The SMILES string of the molecule is CC(C)C(NC(=O)C(CS)NC(=O)C(CCCN=C(N)N)NC(=O)C(N)CCC(N)=O)C(=O)O. The summed E-state index contributed by atoms with van der Waals surface area (Å²) >= 11 is 4.06. The zero-order valence-electron chi connectivity index (χ0n) is 19.3. The maximum Gasteiger partial charge on any atom is 0.326 e. The van der Waals surface area contributed by atoms with Gasteiger partial charge in [0.15, 0.2) is 5.96 Å². The topological polar surface area (TPSA) is 258 Å². The number of aliphatic imine (C=N–C) groups is 1. The second-order valence-electron chi connectivity index (χ2n) is 7.93. The fraction of sp³-hybridized carbons (Fsp3) is 0.684. The molecule has 34 heavy (non-hydrogen) atoms. The van der Waals surface area contributed by atoms with E-state index in [2.05, 4.69) is 33.6 Å². The third-order valence-corrected chi connectivity index (χ3v) is 5.03. The molecule has 4 amide bonds. The molecule has 12 N–H and O–H groups in total. The van der Waals surface area contributed by atoms with E-state index < -0.39 is 59.7 Å². The summed E-state index contributed by atoms with van der Waals surface area (Å²) in [5.74, 6) is -4.67. The van der Waals surface area contributed by atoms with E-state index in [9.17, 15) is 29.1 Å². The first kappa shape index (κ1) is 30.9. The lowest BCUT2D eigenvalue weighted by Crippen LogP contribution is -2.58. The molecule has 0 aliphatic heterocycles. The smallest absolute Gasteiger partial charge is 0.326 e. The summed E-state index contributed by atoms with van der Waals surface area (Å²) in [7, 11) is 0. The van der Waals surface area contributed by atoms with Gasteiger partial charge >= 0.3 is 5.97 Å². The lowest BCUT2D eigenvalue weighted by Gasteiger charge is -2.25. The summed E-state index contributed by atoms with van der Waals surface area (Å²) < 4.78 is 0. The standard InChI is InChI=1S/C19H36N8O6S/c1-9(2)14(18(32)33)27-17(31)12(8-34)26-16(30)11(4-3-7-24-19(22)23)25-15(29)10(20)5-6-13(21)28/h9-12,14,34H,3-8,20H2,1-2H3,(H2,21,28)(H,25,29)(H,26,30)(H,27,31)(H,32,33)(H4,22,23,24). The fourth-order valence-corrected chi connectivity index (χ4v) is 2.97. The molecular formula is C19H36N8O6S. The van der Waals surface area contributed by atoms with Crippen LogP contribution in [0.1, 0.15) is 39.5 Å². The van der Waals surface area contributed by atoms with Gasteiger partial charge in [0.2, 0.25) is 23.6 Å². The number of guanidine groups is 1. The Labute approximate surface area is 203 Å². The number of aliphatic carboxylic acids is 1. The third kappa shape index (κ3) is 12.2. The zero-order chi connectivity index (χ0) is 26.4. The van der Waals surface area contributed by atoms with Crippen molar-refractivity contribution < 1.29 is 29.1 Å². The number of carbonyl (C=O) groups excluding carboxylic acids is 4. The molecule has 0 aromatic carbocycles. The molecule has 0 aromatic rings. The van der Waals surface area contributed by atoms with Crippen LogP contribution in [0.4, 0.5) is 0 Å². The second-order valence-corrected chi connectivity index (χ2v) is 8.30. The molecule has 0 aromatic heterocycles. The van der Waals surface area contributed by atoms with Crippen molar-refractivity contribution in [3.8, 4) is 0 Å². The van der Waals surface area contributed by atoms with Crippen LogP contribution in [0.3, 0.4) is 0 Å². The minimum atomic E-state index is -1.22. The lowest BCUT2D eigenvalue weighted by molar-refractivity contribution is -0.143. The van der Waals surface area contributed by atoms with Gasteiger partial charge in [-0.05, 0) is 25.2 Å². The van der Waals surface area contributed by atoms with Crippen molar-refractivity contribution in [1.82, 2.24) is 16.0 Å². The number of hydrogen-bond acceptors (Lipinski definition) is 8. The molecule has 4 atom stereocenters. The molecule has 0 saturated carbocycles. The molecule has 0 radical (unpaired) electrons. The molecule has 0 rings (SSSR count). The van der Waals surface area contributed by atoms with Crippen LogP contribution < -0.4 is 38.9 Å². The number of nitrogens with one attached hydrogen (secondary N) is 3. The van der Waals surface area contributed by atoms with E-state index in [1.807, 2.05) is 0 Å². The Morgan fingerprint density at radius 3 is 1.94 bits per heavy atom. The van der Waals surface area contributed by atoms with E-state index in [0.717, 1.165) is 0 Å². The Morgan fingerprint density at radius 2 is 1.47 bits per heavy atom. The molecule has 0 bridgehead atoms. The number of carboxylic acids is 1. The number of nitrogens with zero attached hydrogens (tertiary/aromatic N) is 1. The van der Waals surface area contributed by atoms with Crippen molar-refractivity contribution in [2.45, 2.75) is 63.7 Å². The van der Waals surface area contributed by atoms with Crippen LogP contribution in [0.15, 0.2) is 4.99 Å². The van der Waals surface area contributed by atoms with E-state index in [-0.39, 0.29) is 37.5 Å². The monoisotopic (exact) mass is 504 g/mol. The summed E-state index contributed by atoms with van der Waals surface area (Å²) in [5.41, 5.74) is 21.4. The zero-order valence-corrected chi connectivity index (χ0v) is 20.2. The number of primary amides is 1. The first-order valence-electron chi connectivity index (χ1n) is 10.6. The minimum Gasteiger partial charge on any atom is -0.480 e. The Bertz CT molecular complexity index is 759. The predicted octanol–water partition coefficient (Wildman–Crippen LogP) is -3.24. The van der Waals surface area contributed by atoms with Gasteiger partial charge in [-0.15, -0.1) is 0 Å². The summed E-state index contributed by atoms with van der Waals surface area (Å²) in [6, 6.07) is -4.54. The minimum absolute atomic E-state index is 0.0169. The van der Waals surface area contributed by atoms with Crippen molar-refractivity contribution in [3.05, 3.63) is 0 Å². The quantitative estimate of drug-likeness (QED) is 0.0442. The summed E-state index contributed by atoms with van der Waals surface area (Å²) in [6.07, 6.45) is 0.274. The number of thiol groups is 1. The summed E-state index contributed by atoms with van der Waals surface area (Å²) in [5, 5.41) is 16.6. The molecule has 4 unspecified atom stereocenters. The molecule has 0 spiro atoms. The van der Waals surface area contributed by atoms with Crippen LogP contribution in [0.25, 0.3) is 0 Å². The highest BCUT2D eigenvalue weighted by Crippen LogP contribution is 2.05. The van der Waals surface area contributed by atoms with Crippen LogP contribution >= 0.6 is 12.6 Å². The molecule has 0 aliphatic rings. The molecule has 0 heterocycles. The van der Waals surface area contributed by atoms with Crippen molar-refractivity contribution >= 4 is 48.2 Å². The van der Waals surface area contributed by atoms with Crippen LogP contribution in [0.5, 0.6) is 0 Å². The van der Waals surface area contributed by atoms with E-state index in [1.165, 1.54) is 0 Å². The molecule has 0 saturated heterocycles. The van der Waals surface area contributed by atoms with Gasteiger partial charge in [0.25, 0.3) is 0 Å². The summed E-state index contributed by atoms with van der Waals surface area (Å²) in [6.45, 7) is 3.43. The Balaban J connectivity index is 5.35. The van der Waals surface area contributed by atoms with Gasteiger partial charge in [0.1, 0.15) is 18.1 Å². The van der Waals surface area contributed by atoms with Gasteiger partial charge in [0, 0.05) is 18.7 Å². The molecule has 194 valence electrons. The molecule has 14 nitrogen and oxygen atoms in total. The number of carboxylic acid groups (broad SMARTS) is 1. The van der Waals surface area contributed by atoms with E-state index in [4.69, 9.17) is 22.9 Å². The van der Waals surface area contributed by atoms with Gasteiger partial charge in [-0.1, -0.05) is 13.8 Å². The first-order valence-corrected chi connectivity index (χ1v) is 11.3. The molecular weight excluding hydrogens is 468 g/mol. The van der Waals surface area contributed by atoms with E-state index in [0.29, 0.717) is 6.42 Å². The average Bonchev–Trinajstić information content (AvgIpc) is 2.74. The molecule has 15 heteroatoms. The number of nitrogens with two attached hydrogens (primary N) is 4. The van der Waals surface area contributed by atoms with Crippen molar-refractivity contribution in [3.63, 3.8) is 0 Å². The molecule has 0 aliphatic carbocycles. The highest BCUT2D eigenvalue weighted by atomic mass is 32.1. The van der Waals surface area contributed by atoms with E-state index in [1.54, 1.807) is 13.8 Å². The van der Waals surface area contributed by atoms with Crippen LogP contribution in [0.2, 0.25) is 0 Å². The highest BCUT2D eigenvalue weighted by molar-refractivity contribution is 7.80. The Hall–Kier alpha value is -3.07. The van der Waals surface area contributed by atoms with Gasteiger partial charge in [-0.3, -0.25) is 24.2 Å². The fourth-order valence-electron chi connectivity index (χ4n) is 2.71. The Morgan fingerprint density at radius 1 is 0.912 bits per heavy atom. The third-order valence-electron chi connectivity index (χ3n) is 4.66. The van der Waals surface area contributed by atoms with Crippen LogP contribution in [0, 0.1) is 5.92 Å². The maximum atomic E-state index is 12.9. The molecule has 0 fully saturated rings. The van der Waals surface area contributed by atoms with Gasteiger partial charge in [-0.25, -0.2) is 4.79 Å². The maximum absolute atomic E-state index is 12.9. The average molecular weight is 505 g/mol. The van der Waals surface area contributed by atoms with Crippen molar-refractivity contribution in [2.24, 2.45) is 33.8 Å². The van der Waals surface area contributed by atoms with Crippen molar-refractivity contribution in [2.75, 3.05) is 12.3 Å². The van der Waals surface area contributed by atoms with E-state index >= 15 is 0 Å². The second kappa shape index (κ2) is 15.7. The van der Waals surface area contributed by atoms with Gasteiger partial charge in [0.05, 0.1) is 6.04 Å². The summed E-state index contributed by atoms with van der Waals surface area (Å²) in [4.78, 5) is 63.9. The first-order chi connectivity index (χ1) is 15.8. The number of carbonyl (C=O) groups is 5. The highest BCUT2D eigenvalue weighted by Gasteiger charge is 2.30. The van der Waals surface area contributed by atoms with Gasteiger partial charge < -0.3 is 44.0 Å². The largest absolute Gasteiger partial charge is 0.480 e.